The van der Waals surface area contributed by atoms with Gasteiger partial charge in [-0.3, -0.25) is 0 Å². The molecule has 0 aliphatic heterocycles. The molecule has 0 saturated carbocycles. The molecule has 8 nitrogen and oxygen atoms in total. The van der Waals surface area contributed by atoms with Crippen molar-refractivity contribution in [2.24, 2.45) is 0 Å². The maximum atomic E-state index is 12.5. The predicted molar refractivity (Wildman–Crippen MR) is 106 cm³/mol. The molecule has 0 spiro atoms. The van der Waals surface area contributed by atoms with Crippen LogP contribution in [0, 0.1) is 11.3 Å². The number of carbonyl (C=O) groups excluding carboxylic acids is 2. The number of ether oxygens (including phenoxy) is 2. The van der Waals surface area contributed by atoms with Crippen LogP contribution in [0.1, 0.15) is 38.1 Å². The van der Waals surface area contributed by atoms with Crippen molar-refractivity contribution in [2.45, 2.75) is 13.5 Å². The number of thiophene rings is 1. The topological polar surface area (TPSA) is 143 Å². The van der Waals surface area contributed by atoms with Crippen LogP contribution in [-0.2, 0) is 16.1 Å². The zero-order valence-corrected chi connectivity index (χ0v) is 16.1. The van der Waals surface area contributed by atoms with Crippen LogP contribution in [0.15, 0.2) is 30.3 Å². The van der Waals surface area contributed by atoms with Gasteiger partial charge in [-0.25, -0.2) is 9.59 Å². The van der Waals surface area contributed by atoms with E-state index in [0.717, 1.165) is 17.4 Å². The van der Waals surface area contributed by atoms with Crippen molar-refractivity contribution in [3.63, 3.8) is 0 Å². The number of rotatable bonds is 5. The first-order valence-electron chi connectivity index (χ1n) is 8.48. The average Bonchev–Trinajstić information content (AvgIpc) is 3.04. The predicted octanol–water partition coefficient (Wildman–Crippen LogP) is 3.30. The Morgan fingerprint density at radius 2 is 1.86 bits per heavy atom. The minimum absolute atomic E-state index is 0.0245. The number of fused-ring (bicyclic) bond motifs is 1. The second-order valence-corrected chi connectivity index (χ2v) is 6.95. The van der Waals surface area contributed by atoms with E-state index in [1.165, 1.54) is 0 Å². The minimum atomic E-state index is -0.938. The lowest BCUT2D eigenvalue weighted by Crippen LogP contribution is -2.10. The molecule has 0 atom stereocenters. The molecule has 3 aromatic rings. The molecule has 2 aromatic carbocycles. The van der Waals surface area contributed by atoms with E-state index in [0.29, 0.717) is 5.39 Å². The lowest BCUT2D eigenvalue weighted by atomic mass is 10.0. The van der Waals surface area contributed by atoms with E-state index in [1.54, 1.807) is 31.2 Å². The van der Waals surface area contributed by atoms with Crippen LogP contribution in [0.2, 0.25) is 0 Å². The van der Waals surface area contributed by atoms with Gasteiger partial charge in [-0.15, -0.1) is 11.3 Å². The van der Waals surface area contributed by atoms with Crippen molar-refractivity contribution in [3.8, 4) is 17.6 Å². The normalized spacial score (nSPS) is 10.5. The zero-order chi connectivity index (χ0) is 21.1. The Morgan fingerprint density at radius 1 is 1.17 bits per heavy atom. The molecule has 29 heavy (non-hydrogen) atoms. The van der Waals surface area contributed by atoms with Crippen molar-refractivity contribution >= 4 is 39.0 Å². The Morgan fingerprint density at radius 3 is 2.52 bits per heavy atom. The number of hydrogen-bond acceptors (Lipinski definition) is 9. The SMILES string of the molecule is CCOC(=O)c1sc(N)c(C#N)c1COC(=O)c1cc(O)c2ccccc2c1O. The van der Waals surface area contributed by atoms with E-state index < -0.39 is 18.5 Å². The molecule has 0 radical (unpaired) electrons. The van der Waals surface area contributed by atoms with Gasteiger partial charge in [0.2, 0.25) is 0 Å². The molecule has 0 unspecified atom stereocenters. The van der Waals surface area contributed by atoms with Gasteiger partial charge in [-0.1, -0.05) is 24.3 Å². The number of phenols is 2. The summed E-state index contributed by atoms with van der Waals surface area (Å²) < 4.78 is 10.2. The van der Waals surface area contributed by atoms with Crippen LogP contribution < -0.4 is 5.73 Å². The third kappa shape index (κ3) is 3.66. The summed E-state index contributed by atoms with van der Waals surface area (Å²) in [5, 5.41) is 30.6. The molecule has 148 valence electrons. The number of benzene rings is 2. The van der Waals surface area contributed by atoms with E-state index in [-0.39, 0.29) is 50.1 Å². The number of nitrogens with zero attached hydrogens (tertiary/aromatic N) is 1. The number of carbonyl (C=O) groups is 2. The monoisotopic (exact) mass is 412 g/mol. The van der Waals surface area contributed by atoms with Crippen LogP contribution >= 0.6 is 11.3 Å². The Bertz CT molecular complexity index is 1160. The molecule has 1 aromatic heterocycles. The number of nitrogen functional groups attached to an aromatic ring is 1. The molecule has 0 fully saturated rings. The Kier molecular flexibility index (Phi) is 5.57. The van der Waals surface area contributed by atoms with Gasteiger partial charge in [0, 0.05) is 16.3 Å². The number of aromatic hydroxyl groups is 2. The summed E-state index contributed by atoms with van der Waals surface area (Å²) in [6.45, 7) is 1.33. The van der Waals surface area contributed by atoms with Crippen LogP contribution in [0.25, 0.3) is 10.8 Å². The second kappa shape index (κ2) is 8.08. The summed E-state index contributed by atoms with van der Waals surface area (Å²) in [6, 6.07) is 9.46. The molecule has 9 heteroatoms. The van der Waals surface area contributed by atoms with Gasteiger partial charge in [0.05, 0.1) is 12.2 Å². The maximum absolute atomic E-state index is 12.5. The van der Waals surface area contributed by atoms with E-state index >= 15 is 0 Å². The average molecular weight is 412 g/mol. The summed E-state index contributed by atoms with van der Waals surface area (Å²) in [5.41, 5.74) is 5.69. The summed E-state index contributed by atoms with van der Waals surface area (Å²) in [4.78, 5) is 24.7. The van der Waals surface area contributed by atoms with Crippen molar-refractivity contribution < 1.29 is 29.3 Å². The molecule has 0 amide bonds. The molecule has 4 N–H and O–H groups in total. The van der Waals surface area contributed by atoms with Crippen LogP contribution in [0.3, 0.4) is 0 Å². The lowest BCUT2D eigenvalue weighted by Gasteiger charge is -2.10. The lowest BCUT2D eigenvalue weighted by molar-refractivity contribution is 0.0450. The van der Waals surface area contributed by atoms with Gasteiger partial charge >= 0.3 is 11.9 Å². The smallest absolute Gasteiger partial charge is 0.348 e. The molecule has 3 rings (SSSR count). The van der Waals surface area contributed by atoms with E-state index in [9.17, 15) is 25.1 Å². The molecule has 0 aliphatic rings. The Hall–Kier alpha value is -3.77. The number of nitriles is 1. The number of esters is 2. The highest BCUT2D eigenvalue weighted by molar-refractivity contribution is 7.18. The quantitative estimate of drug-likeness (QED) is 0.428. The van der Waals surface area contributed by atoms with E-state index in [4.69, 9.17) is 15.2 Å². The summed E-state index contributed by atoms with van der Waals surface area (Å²) >= 11 is 0.869. The molecular weight excluding hydrogens is 396 g/mol. The fourth-order valence-corrected chi connectivity index (χ4v) is 3.74. The molecule has 1 heterocycles. The van der Waals surface area contributed by atoms with Crippen LogP contribution in [0.4, 0.5) is 5.00 Å². The van der Waals surface area contributed by atoms with Gasteiger partial charge in [0.15, 0.2) is 0 Å². The summed E-state index contributed by atoms with van der Waals surface area (Å²) in [6.07, 6.45) is 0. The molecule has 0 aliphatic carbocycles. The van der Waals surface area contributed by atoms with Crippen molar-refractivity contribution in [3.05, 3.63) is 51.9 Å². The largest absolute Gasteiger partial charge is 0.507 e. The number of phenolic OH excluding ortho intramolecular Hbond substituents is 2. The Labute approximate surface area is 169 Å². The highest BCUT2D eigenvalue weighted by Gasteiger charge is 2.25. The fourth-order valence-electron chi connectivity index (χ4n) is 2.82. The van der Waals surface area contributed by atoms with Crippen molar-refractivity contribution in [1.29, 1.82) is 5.26 Å². The third-order valence-electron chi connectivity index (χ3n) is 4.17. The standard InChI is InChI=1S/C20H16N2O6S/c1-2-27-20(26)17-14(13(8-21)18(22)29-17)9-28-19(25)12-7-15(23)10-5-3-4-6-11(10)16(12)24/h3-7,23-24H,2,9,22H2,1H3. The maximum Gasteiger partial charge on any atom is 0.348 e. The number of nitrogens with two attached hydrogens (primary N) is 1. The van der Waals surface area contributed by atoms with Crippen molar-refractivity contribution in [2.75, 3.05) is 12.3 Å². The van der Waals surface area contributed by atoms with Gasteiger partial charge < -0.3 is 25.4 Å². The van der Waals surface area contributed by atoms with Gasteiger partial charge in [0.1, 0.15) is 39.6 Å². The zero-order valence-electron chi connectivity index (χ0n) is 15.3. The first-order chi connectivity index (χ1) is 13.9. The van der Waals surface area contributed by atoms with Crippen LogP contribution in [0.5, 0.6) is 11.5 Å². The summed E-state index contributed by atoms with van der Waals surface area (Å²) in [7, 11) is 0. The van der Waals surface area contributed by atoms with Gasteiger partial charge in [0.25, 0.3) is 0 Å². The first-order valence-corrected chi connectivity index (χ1v) is 9.29. The van der Waals surface area contributed by atoms with Crippen molar-refractivity contribution in [1.82, 2.24) is 0 Å². The Balaban J connectivity index is 1.92. The fraction of sp³-hybridized carbons (Fsp3) is 0.150. The third-order valence-corrected chi connectivity index (χ3v) is 5.21. The number of anilines is 1. The van der Waals surface area contributed by atoms with Gasteiger partial charge in [-0.05, 0) is 13.0 Å². The highest BCUT2D eigenvalue weighted by Crippen LogP contribution is 2.36. The molecular formula is C20H16N2O6S. The van der Waals surface area contributed by atoms with Gasteiger partial charge in [-0.2, -0.15) is 5.26 Å². The van der Waals surface area contributed by atoms with E-state index in [2.05, 4.69) is 0 Å². The molecule has 0 saturated heterocycles. The van der Waals surface area contributed by atoms with Crippen LogP contribution in [-0.4, -0.2) is 28.8 Å². The second-order valence-electron chi connectivity index (χ2n) is 5.89. The molecule has 0 bridgehead atoms. The minimum Gasteiger partial charge on any atom is -0.507 e. The number of hydrogen-bond donors (Lipinski definition) is 3. The van der Waals surface area contributed by atoms with E-state index in [1.807, 2.05) is 6.07 Å². The highest BCUT2D eigenvalue weighted by atomic mass is 32.1. The summed E-state index contributed by atoms with van der Waals surface area (Å²) in [5.74, 6) is -2.16. The first kappa shape index (κ1) is 20.0.